The summed E-state index contributed by atoms with van der Waals surface area (Å²) in [5.41, 5.74) is 0.594. The molecule has 0 aliphatic carbocycles. The van der Waals surface area contributed by atoms with E-state index in [0.29, 0.717) is 48.7 Å². The first-order chi connectivity index (χ1) is 12.2. The van der Waals surface area contributed by atoms with Gasteiger partial charge < -0.3 is 14.2 Å². The van der Waals surface area contributed by atoms with Gasteiger partial charge in [0.05, 0.1) is 17.2 Å². The minimum absolute atomic E-state index is 0.0304. The number of nitrogens with zero attached hydrogens (tertiary/aromatic N) is 4. The van der Waals surface area contributed by atoms with Gasteiger partial charge in [0.25, 0.3) is 5.22 Å². The van der Waals surface area contributed by atoms with Crippen molar-refractivity contribution < 1.29 is 13.6 Å². The normalized spacial score (nSPS) is 14.8. The Balaban J connectivity index is 1.47. The van der Waals surface area contributed by atoms with Crippen LogP contribution in [0.2, 0.25) is 0 Å². The van der Waals surface area contributed by atoms with Gasteiger partial charge in [-0.05, 0) is 18.4 Å². The lowest BCUT2D eigenvalue weighted by molar-refractivity contribution is -0.128. The van der Waals surface area contributed by atoms with Crippen LogP contribution in [0.1, 0.15) is 5.89 Å². The summed E-state index contributed by atoms with van der Waals surface area (Å²) in [7, 11) is 0. The van der Waals surface area contributed by atoms with E-state index in [-0.39, 0.29) is 17.5 Å². The molecule has 1 saturated heterocycles. The highest BCUT2D eigenvalue weighted by Gasteiger charge is 2.23. The number of carbonyl (C=O) groups excluding carboxylic acids is 1. The first-order valence-electron chi connectivity index (χ1n) is 7.88. The van der Waals surface area contributed by atoms with E-state index in [0.717, 1.165) is 0 Å². The molecule has 25 heavy (non-hydrogen) atoms. The van der Waals surface area contributed by atoms with Crippen molar-refractivity contribution in [2.24, 2.45) is 0 Å². The van der Waals surface area contributed by atoms with Gasteiger partial charge in [-0.15, -0.1) is 10.2 Å². The van der Waals surface area contributed by atoms with Crippen LogP contribution in [-0.2, 0) is 10.5 Å². The summed E-state index contributed by atoms with van der Waals surface area (Å²) in [5.74, 6) is 1.30. The average Bonchev–Trinajstić information content (AvgIpc) is 3.08. The van der Waals surface area contributed by atoms with Crippen molar-refractivity contribution in [1.82, 2.24) is 15.1 Å². The molecule has 6 nitrogen and oxygen atoms in total. The molecule has 0 saturated carbocycles. The minimum Gasteiger partial charge on any atom is -0.415 e. The Morgan fingerprint density at radius 1 is 1.24 bits per heavy atom. The predicted octanol–water partition coefficient (Wildman–Crippen LogP) is 2.51. The van der Waals surface area contributed by atoms with Crippen molar-refractivity contribution >= 4 is 35.1 Å². The Labute approximate surface area is 154 Å². The summed E-state index contributed by atoms with van der Waals surface area (Å²) in [6.45, 7) is 2.40. The molecule has 134 valence electrons. The van der Waals surface area contributed by atoms with E-state index < -0.39 is 0 Å². The Morgan fingerprint density at radius 2 is 2.00 bits per heavy atom. The van der Waals surface area contributed by atoms with Crippen LogP contribution in [0.4, 0.5) is 10.1 Å². The molecule has 2 heterocycles. The molecule has 1 aliphatic heterocycles. The molecule has 0 bridgehead atoms. The molecule has 0 N–H and O–H groups in total. The molecule has 9 heteroatoms. The van der Waals surface area contributed by atoms with Crippen molar-refractivity contribution in [3.63, 3.8) is 0 Å². The molecule has 1 aliphatic rings. The van der Waals surface area contributed by atoms with Crippen molar-refractivity contribution in [2.75, 3.05) is 43.1 Å². The molecular weight excluding hydrogens is 363 g/mol. The molecule has 0 radical (unpaired) electrons. The highest BCUT2D eigenvalue weighted by molar-refractivity contribution is 7.99. The van der Waals surface area contributed by atoms with Gasteiger partial charge in [-0.2, -0.15) is 11.8 Å². The Morgan fingerprint density at radius 3 is 2.72 bits per heavy atom. The second-order valence-electron chi connectivity index (χ2n) is 5.50. The first-order valence-corrected chi connectivity index (χ1v) is 10.3. The van der Waals surface area contributed by atoms with E-state index in [1.165, 1.54) is 17.8 Å². The van der Waals surface area contributed by atoms with Gasteiger partial charge in [-0.3, -0.25) is 4.79 Å². The lowest BCUT2D eigenvalue weighted by Gasteiger charge is -2.36. The fourth-order valence-corrected chi connectivity index (χ4v) is 3.64. The van der Waals surface area contributed by atoms with Gasteiger partial charge in [0.1, 0.15) is 5.82 Å². The van der Waals surface area contributed by atoms with Crippen LogP contribution < -0.4 is 4.90 Å². The lowest BCUT2D eigenvalue weighted by atomic mass is 10.2. The third kappa shape index (κ3) is 4.66. The standard InChI is InChI=1S/C16H19FN4O2S2/c1-24-10-14-18-19-16(23-14)25-11-15(22)21-8-6-20(7-9-21)13-5-3-2-4-12(13)17/h2-5H,6-11H2,1H3. The molecule has 2 aromatic rings. The zero-order valence-electron chi connectivity index (χ0n) is 13.9. The molecule has 0 spiro atoms. The molecule has 0 atom stereocenters. The number of para-hydroxylation sites is 1. The first kappa shape index (κ1) is 18.1. The number of thioether (sulfide) groups is 2. The number of piperazine rings is 1. The highest BCUT2D eigenvalue weighted by Crippen LogP contribution is 2.22. The number of halogens is 1. The van der Waals surface area contributed by atoms with Crippen LogP contribution in [0.3, 0.4) is 0 Å². The van der Waals surface area contributed by atoms with Crippen molar-refractivity contribution in [3.05, 3.63) is 36.0 Å². The van der Waals surface area contributed by atoms with Crippen LogP contribution in [0.5, 0.6) is 0 Å². The number of carbonyl (C=O) groups is 1. The molecule has 0 unspecified atom stereocenters. The van der Waals surface area contributed by atoms with E-state index >= 15 is 0 Å². The number of amides is 1. The summed E-state index contributed by atoms with van der Waals surface area (Å²) in [6, 6.07) is 6.73. The lowest BCUT2D eigenvalue weighted by Crippen LogP contribution is -2.49. The van der Waals surface area contributed by atoms with Crippen LogP contribution in [0, 0.1) is 5.82 Å². The van der Waals surface area contributed by atoms with Gasteiger partial charge in [-0.1, -0.05) is 23.9 Å². The van der Waals surface area contributed by atoms with Crippen molar-refractivity contribution in [3.8, 4) is 0 Å². The van der Waals surface area contributed by atoms with Gasteiger partial charge >= 0.3 is 0 Å². The maximum absolute atomic E-state index is 13.8. The zero-order chi connectivity index (χ0) is 17.6. The minimum atomic E-state index is -0.227. The van der Waals surface area contributed by atoms with Crippen LogP contribution in [-0.4, -0.2) is 59.2 Å². The van der Waals surface area contributed by atoms with Gasteiger partial charge in [0, 0.05) is 26.2 Å². The number of aromatic nitrogens is 2. The van der Waals surface area contributed by atoms with E-state index in [1.54, 1.807) is 28.8 Å². The summed E-state index contributed by atoms with van der Waals surface area (Å²) < 4.78 is 19.3. The van der Waals surface area contributed by atoms with Crippen molar-refractivity contribution in [1.29, 1.82) is 0 Å². The predicted molar refractivity (Wildman–Crippen MR) is 97.4 cm³/mol. The molecule has 3 rings (SSSR count). The number of benzene rings is 1. The zero-order valence-corrected chi connectivity index (χ0v) is 15.5. The molecule has 1 amide bonds. The molecule has 1 aromatic heterocycles. The average molecular weight is 382 g/mol. The fraction of sp³-hybridized carbons (Fsp3) is 0.438. The van der Waals surface area contributed by atoms with E-state index in [4.69, 9.17) is 4.42 Å². The number of hydrogen-bond acceptors (Lipinski definition) is 7. The Kier molecular flexibility index (Phi) is 6.19. The van der Waals surface area contributed by atoms with Crippen LogP contribution >= 0.6 is 23.5 Å². The second kappa shape index (κ2) is 8.57. The van der Waals surface area contributed by atoms with E-state index in [9.17, 15) is 9.18 Å². The summed E-state index contributed by atoms with van der Waals surface area (Å²) in [6.07, 6.45) is 1.96. The van der Waals surface area contributed by atoms with Gasteiger partial charge in [-0.25, -0.2) is 4.39 Å². The van der Waals surface area contributed by atoms with Crippen molar-refractivity contribution in [2.45, 2.75) is 11.0 Å². The largest absolute Gasteiger partial charge is 0.415 e. The van der Waals surface area contributed by atoms with E-state index in [1.807, 2.05) is 17.2 Å². The molecule has 1 aromatic carbocycles. The molecular formula is C16H19FN4O2S2. The fourth-order valence-electron chi connectivity index (χ4n) is 2.60. The smallest absolute Gasteiger partial charge is 0.277 e. The van der Waals surface area contributed by atoms with Gasteiger partial charge in [0.15, 0.2) is 0 Å². The third-order valence-electron chi connectivity index (χ3n) is 3.86. The molecule has 1 fully saturated rings. The Hall–Kier alpha value is -1.74. The maximum atomic E-state index is 13.8. The second-order valence-corrected chi connectivity index (χ2v) is 7.30. The van der Waals surface area contributed by atoms with Gasteiger partial charge in [0.2, 0.25) is 11.8 Å². The maximum Gasteiger partial charge on any atom is 0.277 e. The van der Waals surface area contributed by atoms with Crippen LogP contribution in [0.25, 0.3) is 0 Å². The Bertz CT molecular complexity index is 720. The highest BCUT2D eigenvalue weighted by atomic mass is 32.2. The van der Waals surface area contributed by atoms with Crippen LogP contribution in [0.15, 0.2) is 33.9 Å². The quantitative estimate of drug-likeness (QED) is 0.712. The van der Waals surface area contributed by atoms with E-state index in [2.05, 4.69) is 10.2 Å². The number of hydrogen-bond donors (Lipinski definition) is 0. The summed E-state index contributed by atoms with van der Waals surface area (Å²) in [5, 5.41) is 8.27. The SMILES string of the molecule is CSCc1nnc(SCC(=O)N2CCN(c3ccccc3F)CC2)o1. The third-order valence-corrected chi connectivity index (χ3v) is 5.20. The number of anilines is 1. The summed E-state index contributed by atoms with van der Waals surface area (Å²) >= 11 is 2.86. The monoisotopic (exact) mass is 382 g/mol. The number of rotatable bonds is 6. The summed E-state index contributed by atoms with van der Waals surface area (Å²) in [4.78, 5) is 16.1. The topological polar surface area (TPSA) is 62.5 Å².